The Morgan fingerprint density at radius 3 is 2.68 bits per heavy atom. The normalized spacial score (nSPS) is 14.4. The third-order valence-electron chi connectivity index (χ3n) is 6.77. The fraction of sp³-hybridized carbons (Fsp3) is 0.321. The van der Waals surface area contributed by atoms with E-state index < -0.39 is 0 Å². The summed E-state index contributed by atoms with van der Waals surface area (Å²) in [6.45, 7) is 2.82. The van der Waals surface area contributed by atoms with Crippen molar-refractivity contribution < 1.29 is 14.3 Å². The van der Waals surface area contributed by atoms with Gasteiger partial charge in [-0.2, -0.15) is 0 Å². The van der Waals surface area contributed by atoms with Crippen molar-refractivity contribution in [3.05, 3.63) is 65.4 Å². The Labute approximate surface area is 226 Å². The first-order valence-electron chi connectivity index (χ1n) is 12.6. The number of hydrogen-bond acceptors (Lipinski definition) is 7. The van der Waals surface area contributed by atoms with E-state index in [1.807, 2.05) is 24.3 Å². The predicted molar refractivity (Wildman–Crippen MR) is 149 cm³/mol. The Morgan fingerprint density at radius 2 is 1.95 bits per heavy atom. The number of rotatable bonds is 9. The number of aromatic amines is 1. The number of nitrogens with one attached hydrogen (secondary N) is 3. The Bertz CT molecular complexity index is 1400. The number of pyridine rings is 1. The molecule has 2 aromatic heterocycles. The first kappa shape index (κ1) is 25.8. The van der Waals surface area contributed by atoms with Crippen molar-refractivity contribution in [2.24, 2.45) is 0 Å². The smallest absolute Gasteiger partial charge is 0.257 e. The lowest BCUT2D eigenvalue weighted by Crippen LogP contribution is -2.38. The van der Waals surface area contributed by atoms with Gasteiger partial charge in [-0.25, -0.2) is 9.97 Å². The molecule has 0 bridgehead atoms. The molecule has 0 saturated carbocycles. The minimum Gasteiger partial charge on any atom is -0.497 e. The van der Waals surface area contributed by atoms with E-state index in [0.29, 0.717) is 22.1 Å². The molecule has 1 saturated heterocycles. The molecule has 1 amide bonds. The van der Waals surface area contributed by atoms with E-state index in [2.05, 4.69) is 37.6 Å². The van der Waals surface area contributed by atoms with Crippen LogP contribution < -0.4 is 20.1 Å². The number of hydrogen-bond donors (Lipinski definition) is 3. The van der Waals surface area contributed by atoms with Crippen molar-refractivity contribution >= 4 is 34.4 Å². The zero-order chi connectivity index (χ0) is 26.5. The fourth-order valence-corrected chi connectivity index (χ4v) is 4.96. The molecule has 1 fully saturated rings. The zero-order valence-corrected chi connectivity index (χ0v) is 22.2. The van der Waals surface area contributed by atoms with Crippen LogP contribution in [0.25, 0.3) is 22.4 Å². The molecule has 3 N–H and O–H groups in total. The summed E-state index contributed by atoms with van der Waals surface area (Å²) < 4.78 is 10.9. The summed E-state index contributed by atoms with van der Waals surface area (Å²) >= 11 is 6.95. The van der Waals surface area contributed by atoms with Crippen LogP contribution in [0.1, 0.15) is 18.4 Å². The van der Waals surface area contributed by atoms with E-state index in [0.717, 1.165) is 55.0 Å². The van der Waals surface area contributed by atoms with E-state index in [9.17, 15) is 4.79 Å². The summed E-state index contributed by atoms with van der Waals surface area (Å²) in [6, 6.07) is 15.9. The Hall–Kier alpha value is -3.82. The van der Waals surface area contributed by atoms with Gasteiger partial charge in [0.05, 0.1) is 29.8 Å². The monoisotopic (exact) mass is 534 g/mol. The predicted octanol–water partition coefficient (Wildman–Crippen LogP) is 4.49. The minimum atomic E-state index is -0.190. The Balaban J connectivity index is 1.29. The average Bonchev–Trinajstić information content (AvgIpc) is 3.43. The quantitative estimate of drug-likeness (QED) is 0.290. The number of nitrogens with zero attached hydrogens (tertiary/aromatic N) is 3. The number of aromatic nitrogens is 3. The molecule has 5 rings (SSSR count). The third kappa shape index (κ3) is 5.84. The molecule has 3 heterocycles. The van der Waals surface area contributed by atoms with Crippen LogP contribution in [0, 0.1) is 0 Å². The van der Waals surface area contributed by atoms with Crippen molar-refractivity contribution in [1.82, 2.24) is 25.2 Å². The number of carbonyl (C=O) groups excluding carboxylic acids is 1. The molecule has 0 unspecified atom stereocenters. The van der Waals surface area contributed by atoms with Crippen LogP contribution in [-0.2, 0) is 11.3 Å². The third-order valence-corrected chi connectivity index (χ3v) is 7.14. The molecule has 9 nitrogen and oxygen atoms in total. The van der Waals surface area contributed by atoms with Crippen molar-refractivity contribution in [3.63, 3.8) is 0 Å². The van der Waals surface area contributed by atoms with Crippen molar-refractivity contribution in [2.45, 2.75) is 25.4 Å². The van der Waals surface area contributed by atoms with Crippen LogP contribution in [-0.4, -0.2) is 65.7 Å². The summed E-state index contributed by atoms with van der Waals surface area (Å²) in [5, 5.41) is 6.76. The molecule has 0 atom stereocenters. The maximum absolute atomic E-state index is 11.5. The molecule has 0 aliphatic carbocycles. The fourth-order valence-electron chi connectivity index (χ4n) is 4.66. The lowest BCUT2D eigenvalue weighted by atomic mass is 10.0. The van der Waals surface area contributed by atoms with Gasteiger partial charge >= 0.3 is 0 Å². The maximum Gasteiger partial charge on any atom is 0.257 e. The number of piperidine rings is 1. The van der Waals surface area contributed by atoms with Gasteiger partial charge in [-0.05, 0) is 54.8 Å². The maximum atomic E-state index is 11.5. The van der Waals surface area contributed by atoms with Crippen molar-refractivity contribution in [2.75, 3.05) is 39.2 Å². The lowest BCUT2D eigenvalue weighted by Gasteiger charge is -2.33. The van der Waals surface area contributed by atoms with Crippen LogP contribution in [0.15, 0.2) is 54.9 Å². The zero-order valence-electron chi connectivity index (χ0n) is 21.5. The minimum absolute atomic E-state index is 0.0412. The number of benzene rings is 2. The number of likely N-dealkylation sites (N-methyl/N-ethyl adjacent to an activating group) is 1. The number of methoxy groups -OCH3 is 1. The molecule has 2 aromatic carbocycles. The highest BCUT2D eigenvalue weighted by molar-refractivity contribution is 6.37. The van der Waals surface area contributed by atoms with Gasteiger partial charge in [0.2, 0.25) is 0 Å². The summed E-state index contributed by atoms with van der Waals surface area (Å²) in [5.41, 5.74) is 4.94. The van der Waals surface area contributed by atoms with E-state index in [4.69, 9.17) is 26.1 Å². The molecule has 1 aliphatic heterocycles. The summed E-state index contributed by atoms with van der Waals surface area (Å²) in [6.07, 6.45) is 3.62. The second-order valence-corrected chi connectivity index (χ2v) is 9.66. The first-order chi connectivity index (χ1) is 18.5. The van der Waals surface area contributed by atoms with Gasteiger partial charge in [0.1, 0.15) is 17.0 Å². The standard InChI is InChI=1S/C28H31ClN6O3/c1-30-23(36)16-38-21-8-6-19(7-9-21)25-24(29)26(27-28(34-25)32-17-31-27)33-20-10-12-35(13-11-20)15-18-4-3-5-22(14-18)37-2/h3-9,14,17,20H,10-13,15-16H2,1-2H3,(H,30,36)(H2,31,32,33,34). The SMILES string of the molecule is CNC(=O)COc1ccc(-c2nc3nc[nH]c3c(NC3CCN(Cc4cccc(OC)c4)CC3)c2Cl)cc1. The van der Waals surface area contributed by atoms with Crippen LogP contribution in [0.2, 0.25) is 5.02 Å². The van der Waals surface area contributed by atoms with Gasteiger partial charge < -0.3 is 25.1 Å². The van der Waals surface area contributed by atoms with Gasteiger partial charge in [0.15, 0.2) is 12.3 Å². The lowest BCUT2D eigenvalue weighted by molar-refractivity contribution is -0.122. The molecule has 0 spiro atoms. The molecule has 198 valence electrons. The highest BCUT2D eigenvalue weighted by Crippen LogP contribution is 2.38. The molecule has 4 aromatic rings. The van der Waals surface area contributed by atoms with Gasteiger partial charge in [-0.1, -0.05) is 23.7 Å². The molecule has 10 heteroatoms. The van der Waals surface area contributed by atoms with Crippen molar-refractivity contribution in [3.8, 4) is 22.8 Å². The summed E-state index contributed by atoms with van der Waals surface area (Å²) in [5.74, 6) is 1.29. The number of H-pyrrole nitrogens is 1. The van der Waals surface area contributed by atoms with E-state index >= 15 is 0 Å². The van der Waals surface area contributed by atoms with E-state index in [1.165, 1.54) is 5.56 Å². The van der Waals surface area contributed by atoms with E-state index in [-0.39, 0.29) is 18.6 Å². The highest BCUT2D eigenvalue weighted by Gasteiger charge is 2.23. The van der Waals surface area contributed by atoms with Crippen LogP contribution in [0.4, 0.5) is 5.69 Å². The second kappa shape index (κ2) is 11.7. The molecule has 0 radical (unpaired) electrons. The summed E-state index contributed by atoms with van der Waals surface area (Å²) in [4.78, 5) is 26.2. The largest absolute Gasteiger partial charge is 0.497 e. The molecular formula is C28H31ClN6O3. The average molecular weight is 535 g/mol. The number of fused-ring (bicyclic) bond motifs is 1. The Kier molecular flexibility index (Phi) is 7.95. The van der Waals surface area contributed by atoms with Gasteiger partial charge in [-0.15, -0.1) is 0 Å². The van der Waals surface area contributed by atoms with Crippen LogP contribution >= 0.6 is 11.6 Å². The van der Waals surface area contributed by atoms with Crippen LogP contribution in [0.3, 0.4) is 0 Å². The highest BCUT2D eigenvalue weighted by atomic mass is 35.5. The van der Waals surface area contributed by atoms with Gasteiger partial charge in [0, 0.05) is 38.3 Å². The van der Waals surface area contributed by atoms with Crippen molar-refractivity contribution in [1.29, 1.82) is 0 Å². The molecule has 1 aliphatic rings. The second-order valence-electron chi connectivity index (χ2n) is 9.28. The molecule has 38 heavy (non-hydrogen) atoms. The number of halogens is 1. The number of anilines is 1. The van der Waals surface area contributed by atoms with E-state index in [1.54, 1.807) is 32.6 Å². The van der Waals surface area contributed by atoms with Crippen LogP contribution in [0.5, 0.6) is 11.5 Å². The van der Waals surface area contributed by atoms with Gasteiger partial charge in [-0.3, -0.25) is 9.69 Å². The number of imidazole rings is 1. The topological polar surface area (TPSA) is 104 Å². The first-order valence-corrected chi connectivity index (χ1v) is 13.0. The number of amides is 1. The Morgan fingerprint density at radius 1 is 1.16 bits per heavy atom. The number of ether oxygens (including phenoxy) is 2. The number of carbonyl (C=O) groups is 1. The number of likely N-dealkylation sites (tertiary alicyclic amines) is 1. The van der Waals surface area contributed by atoms with Gasteiger partial charge in [0.25, 0.3) is 5.91 Å². The molecular weight excluding hydrogens is 504 g/mol. The summed E-state index contributed by atoms with van der Waals surface area (Å²) in [7, 11) is 3.27.